The van der Waals surface area contributed by atoms with Crippen LogP contribution < -0.4 is 4.90 Å². The topological polar surface area (TPSA) is 3.24 Å². The lowest BCUT2D eigenvalue weighted by Crippen LogP contribution is -2.09. The molecule has 0 amide bonds. The van der Waals surface area contributed by atoms with Crippen LogP contribution in [-0.2, 0) is 0 Å². The quantitative estimate of drug-likeness (QED) is 0.142. The van der Waals surface area contributed by atoms with Crippen molar-refractivity contribution >= 4 is 27.8 Å². The van der Waals surface area contributed by atoms with E-state index < -0.39 is 59.9 Å². The van der Waals surface area contributed by atoms with E-state index in [-0.39, 0.29) is 11.3 Å². The summed E-state index contributed by atoms with van der Waals surface area (Å²) in [5.74, 6) is 0. The minimum atomic E-state index is -0.629. The van der Waals surface area contributed by atoms with Gasteiger partial charge in [-0.25, -0.2) is 0 Å². The van der Waals surface area contributed by atoms with Crippen molar-refractivity contribution in [1.29, 1.82) is 0 Å². The van der Waals surface area contributed by atoms with Crippen LogP contribution >= 0.6 is 0 Å². The first-order chi connectivity index (χ1) is 33.0. The van der Waals surface area contributed by atoms with Crippen LogP contribution in [0.5, 0.6) is 0 Å². The standard InChI is InChI=1S/C58H41N/c1-5-15-42(16-6-1)43-25-33-51(34-26-43)59(53-37-29-49(30-38-53)58-55-24-14-13-23-48(55)31-40-56(58)46-19-9-3-10-20-46)52-35-27-44(28-36-52)50-32-39-54(45-17-7-2-8-18-45)57(41-50)47-21-11-4-12-22-47/h1-41H/i1D,5D,6D,15D,16D,25D,26D,33D,34D. The van der Waals surface area contributed by atoms with E-state index in [9.17, 15) is 5.48 Å². The van der Waals surface area contributed by atoms with Crippen molar-refractivity contribution < 1.29 is 12.3 Å². The number of rotatable bonds is 9. The molecule has 10 aromatic carbocycles. The van der Waals surface area contributed by atoms with Crippen LogP contribution in [-0.4, -0.2) is 0 Å². The van der Waals surface area contributed by atoms with Crippen molar-refractivity contribution in [2.24, 2.45) is 0 Å². The zero-order chi connectivity index (χ0) is 47.2. The molecule has 0 aromatic heterocycles. The Hall–Kier alpha value is -7.74. The minimum Gasteiger partial charge on any atom is -0.311 e. The Balaban J connectivity index is 1.14. The summed E-state index contributed by atoms with van der Waals surface area (Å²) in [6.07, 6.45) is 0. The van der Waals surface area contributed by atoms with Gasteiger partial charge < -0.3 is 4.90 Å². The van der Waals surface area contributed by atoms with Crippen LogP contribution in [0.4, 0.5) is 17.1 Å². The number of fused-ring (bicyclic) bond motifs is 1. The molecule has 0 saturated carbocycles. The second kappa shape index (κ2) is 16.0. The normalized spacial score (nSPS) is 13.2. The van der Waals surface area contributed by atoms with E-state index in [4.69, 9.17) is 6.85 Å². The van der Waals surface area contributed by atoms with Crippen LogP contribution in [0.15, 0.2) is 249 Å². The van der Waals surface area contributed by atoms with Crippen LogP contribution in [0.3, 0.4) is 0 Å². The fourth-order valence-electron chi connectivity index (χ4n) is 7.80. The van der Waals surface area contributed by atoms with Gasteiger partial charge >= 0.3 is 0 Å². The third-order valence-electron chi connectivity index (χ3n) is 10.7. The van der Waals surface area contributed by atoms with E-state index in [0.29, 0.717) is 11.4 Å². The predicted molar refractivity (Wildman–Crippen MR) is 251 cm³/mol. The Kier molecular flexibility index (Phi) is 7.33. The summed E-state index contributed by atoms with van der Waals surface area (Å²) < 4.78 is 79.7. The first kappa shape index (κ1) is 27.0. The van der Waals surface area contributed by atoms with Gasteiger partial charge in [-0.2, -0.15) is 0 Å². The summed E-state index contributed by atoms with van der Waals surface area (Å²) in [5, 5.41) is 2.16. The Morgan fingerprint density at radius 2 is 0.780 bits per heavy atom. The molecule has 59 heavy (non-hydrogen) atoms. The van der Waals surface area contributed by atoms with Gasteiger partial charge in [0.05, 0.1) is 12.3 Å². The Labute approximate surface area is 359 Å². The van der Waals surface area contributed by atoms with Gasteiger partial charge in [0.15, 0.2) is 0 Å². The molecule has 10 aromatic rings. The van der Waals surface area contributed by atoms with E-state index in [1.54, 1.807) is 4.90 Å². The molecule has 0 atom stereocenters. The molecule has 0 fully saturated rings. The highest BCUT2D eigenvalue weighted by atomic mass is 15.1. The highest BCUT2D eigenvalue weighted by Gasteiger charge is 2.17. The summed E-state index contributed by atoms with van der Waals surface area (Å²) in [6.45, 7) is 0. The molecular formula is C58H41N. The Bertz CT molecular complexity index is 3470. The molecule has 0 aliphatic carbocycles. The first-order valence-corrected chi connectivity index (χ1v) is 19.5. The van der Waals surface area contributed by atoms with Crippen molar-refractivity contribution in [3.8, 4) is 66.8 Å². The van der Waals surface area contributed by atoms with Crippen molar-refractivity contribution in [3.05, 3.63) is 249 Å². The van der Waals surface area contributed by atoms with Crippen LogP contribution in [0.25, 0.3) is 77.5 Å². The molecule has 0 spiro atoms. The molecule has 0 radical (unpaired) electrons. The molecule has 0 heterocycles. The SMILES string of the molecule is [2H]c1c([2H])c([2H])c(-c2c([2H])c([2H])c(N(c3ccc(-c4ccc(-c5ccccc5)c(-c5ccccc5)c4)cc3)c3ccc(-c4c(-c5ccccc5)ccc5ccccc45)cc3)c([2H])c2[2H])c([2H])c1[2H]. The average Bonchev–Trinajstić information content (AvgIpc) is 3.39. The van der Waals surface area contributed by atoms with Crippen LogP contribution in [0, 0.1) is 0 Å². The van der Waals surface area contributed by atoms with E-state index >= 15 is 0 Å². The molecule has 0 aliphatic heterocycles. The fraction of sp³-hybridized carbons (Fsp3) is 0. The van der Waals surface area contributed by atoms with E-state index in [2.05, 4.69) is 78.9 Å². The van der Waals surface area contributed by atoms with Gasteiger partial charge in [-0.05, 0) is 120 Å². The summed E-state index contributed by atoms with van der Waals surface area (Å²) in [7, 11) is 0. The lowest BCUT2D eigenvalue weighted by atomic mass is 9.89. The molecule has 0 saturated heterocycles. The monoisotopic (exact) mass is 760 g/mol. The van der Waals surface area contributed by atoms with E-state index in [1.165, 1.54) is 0 Å². The largest absolute Gasteiger partial charge is 0.311 e. The molecule has 0 bridgehead atoms. The van der Waals surface area contributed by atoms with Gasteiger partial charge in [-0.15, -0.1) is 0 Å². The van der Waals surface area contributed by atoms with Gasteiger partial charge in [-0.1, -0.05) is 206 Å². The number of hydrogen-bond donors (Lipinski definition) is 0. The van der Waals surface area contributed by atoms with Crippen molar-refractivity contribution in [2.45, 2.75) is 0 Å². The Morgan fingerprint density at radius 1 is 0.288 bits per heavy atom. The third-order valence-corrected chi connectivity index (χ3v) is 10.7. The maximum Gasteiger partial charge on any atom is 0.0645 e. The maximum absolute atomic E-state index is 9.52. The van der Waals surface area contributed by atoms with Gasteiger partial charge in [0.1, 0.15) is 0 Å². The van der Waals surface area contributed by atoms with Crippen LogP contribution in [0.1, 0.15) is 12.3 Å². The van der Waals surface area contributed by atoms with Crippen molar-refractivity contribution in [3.63, 3.8) is 0 Å². The zero-order valence-electron chi connectivity index (χ0n) is 40.9. The van der Waals surface area contributed by atoms with Crippen LogP contribution in [0.2, 0.25) is 0 Å². The third kappa shape index (κ3) is 7.23. The van der Waals surface area contributed by atoms with Crippen molar-refractivity contribution in [2.75, 3.05) is 4.90 Å². The highest BCUT2D eigenvalue weighted by Crippen LogP contribution is 2.42. The molecule has 278 valence electrons. The molecule has 10 rings (SSSR count). The summed E-state index contributed by atoms with van der Waals surface area (Å²) in [6, 6.07) is 60.1. The molecule has 0 N–H and O–H groups in total. The molecule has 1 nitrogen and oxygen atoms in total. The molecular weight excluding hydrogens is 711 g/mol. The zero-order valence-corrected chi connectivity index (χ0v) is 31.9. The summed E-state index contributed by atoms with van der Waals surface area (Å²) >= 11 is 0. The second-order valence-electron chi connectivity index (χ2n) is 14.2. The predicted octanol–water partition coefficient (Wildman–Crippen LogP) is 16.3. The number of benzene rings is 10. The van der Waals surface area contributed by atoms with E-state index in [0.717, 1.165) is 66.4 Å². The minimum absolute atomic E-state index is 0.0645. The van der Waals surface area contributed by atoms with Gasteiger partial charge in [0.25, 0.3) is 0 Å². The maximum atomic E-state index is 9.52. The molecule has 0 aliphatic rings. The highest BCUT2D eigenvalue weighted by molar-refractivity contribution is 6.04. The summed E-state index contributed by atoms with van der Waals surface area (Å²) in [5.41, 5.74) is 10.6. The second-order valence-corrected chi connectivity index (χ2v) is 14.2. The number of anilines is 3. The van der Waals surface area contributed by atoms with Gasteiger partial charge in [0.2, 0.25) is 0 Å². The Morgan fingerprint density at radius 3 is 1.41 bits per heavy atom. The van der Waals surface area contributed by atoms with Crippen molar-refractivity contribution in [1.82, 2.24) is 0 Å². The first-order valence-electron chi connectivity index (χ1n) is 24.0. The molecule has 1 heteroatoms. The van der Waals surface area contributed by atoms with Gasteiger partial charge in [-0.3, -0.25) is 0 Å². The number of hydrogen-bond acceptors (Lipinski definition) is 1. The molecule has 0 unspecified atom stereocenters. The fourth-order valence-corrected chi connectivity index (χ4v) is 7.80. The smallest absolute Gasteiger partial charge is 0.0645 e. The lowest BCUT2D eigenvalue weighted by molar-refractivity contribution is 1.28. The number of nitrogens with zero attached hydrogens (tertiary/aromatic N) is 1. The van der Waals surface area contributed by atoms with Gasteiger partial charge in [0, 0.05) is 17.1 Å². The summed E-state index contributed by atoms with van der Waals surface area (Å²) in [4.78, 5) is 1.69. The average molecular weight is 761 g/mol. The van der Waals surface area contributed by atoms with E-state index in [1.807, 2.05) is 115 Å². The lowest BCUT2D eigenvalue weighted by Gasteiger charge is -2.26.